The molecule has 3 aromatic rings. The summed E-state index contributed by atoms with van der Waals surface area (Å²) < 4.78 is 29.2. The number of anilines is 1. The Morgan fingerprint density at radius 1 is 0.903 bits per heavy atom. The highest BCUT2D eigenvalue weighted by Gasteiger charge is 2.28. The van der Waals surface area contributed by atoms with Crippen LogP contribution in [0.15, 0.2) is 53.4 Å². The maximum absolute atomic E-state index is 12.9. The van der Waals surface area contributed by atoms with Gasteiger partial charge in [0, 0.05) is 32.6 Å². The molecule has 0 saturated carbocycles. The number of carbonyl (C=O) groups is 1. The molecule has 3 heterocycles. The summed E-state index contributed by atoms with van der Waals surface area (Å²) in [5.41, 5.74) is 2.91. The molecular formula is C23H26N4O3S. The Labute approximate surface area is 182 Å². The Morgan fingerprint density at radius 3 is 2.42 bits per heavy atom. The molecule has 0 N–H and O–H groups in total. The minimum Gasteiger partial charge on any atom is -0.308 e. The van der Waals surface area contributed by atoms with Crippen molar-refractivity contribution in [3.8, 4) is 0 Å². The number of benzene rings is 2. The van der Waals surface area contributed by atoms with E-state index in [1.807, 2.05) is 36.4 Å². The van der Waals surface area contributed by atoms with Crippen molar-refractivity contribution in [2.24, 2.45) is 0 Å². The Hall–Kier alpha value is -2.71. The lowest BCUT2D eigenvalue weighted by Gasteiger charge is -2.25. The van der Waals surface area contributed by atoms with Gasteiger partial charge in [-0.1, -0.05) is 30.7 Å². The standard InChI is InChI=1S/C23H26N4O3S/c28-22(27-17-16-26-21-7-3-2-6-20(21)24-23(26)27)13-10-18-8-11-19(12-9-18)31(29,30)25-14-4-1-5-15-25/h2-3,6-9,11-12H,1,4-5,10,13-17H2. The number of nitrogens with zero attached hydrogens (tertiary/aromatic N) is 4. The Kier molecular flexibility index (Phi) is 5.27. The van der Waals surface area contributed by atoms with E-state index < -0.39 is 10.0 Å². The normalized spacial score (nSPS) is 17.2. The van der Waals surface area contributed by atoms with Crippen molar-refractivity contribution in [3.05, 3.63) is 54.1 Å². The van der Waals surface area contributed by atoms with Crippen LogP contribution in [0.2, 0.25) is 0 Å². The average Bonchev–Trinajstić information content (AvgIpc) is 3.38. The van der Waals surface area contributed by atoms with Crippen LogP contribution in [-0.2, 0) is 27.8 Å². The molecule has 7 nitrogen and oxygen atoms in total. The second-order valence-corrected chi connectivity index (χ2v) is 10.1. The van der Waals surface area contributed by atoms with Gasteiger partial charge in [-0.3, -0.25) is 9.69 Å². The maximum atomic E-state index is 12.9. The molecule has 31 heavy (non-hydrogen) atoms. The summed E-state index contributed by atoms with van der Waals surface area (Å²) in [5.74, 6) is 0.758. The van der Waals surface area contributed by atoms with Crippen molar-refractivity contribution in [3.63, 3.8) is 0 Å². The first-order chi connectivity index (χ1) is 15.0. The number of para-hydroxylation sites is 2. The van der Waals surface area contributed by atoms with E-state index in [1.165, 1.54) is 0 Å². The second-order valence-electron chi connectivity index (χ2n) is 8.21. The molecule has 0 radical (unpaired) electrons. The molecule has 1 amide bonds. The summed E-state index contributed by atoms with van der Waals surface area (Å²) >= 11 is 0. The van der Waals surface area contributed by atoms with E-state index in [2.05, 4.69) is 9.55 Å². The van der Waals surface area contributed by atoms with Crippen molar-refractivity contribution in [1.29, 1.82) is 0 Å². The van der Waals surface area contributed by atoms with E-state index in [0.717, 1.165) is 42.4 Å². The Bertz CT molecular complexity index is 1210. The monoisotopic (exact) mass is 438 g/mol. The summed E-state index contributed by atoms with van der Waals surface area (Å²) in [6.07, 6.45) is 3.86. The van der Waals surface area contributed by atoms with Gasteiger partial charge in [0.2, 0.25) is 21.9 Å². The lowest BCUT2D eigenvalue weighted by Crippen LogP contribution is -2.35. The van der Waals surface area contributed by atoms with Gasteiger partial charge in [-0.25, -0.2) is 13.4 Å². The first-order valence-electron chi connectivity index (χ1n) is 10.9. The zero-order valence-electron chi connectivity index (χ0n) is 17.4. The number of hydrogen-bond acceptors (Lipinski definition) is 4. The van der Waals surface area contributed by atoms with Crippen molar-refractivity contribution in [2.75, 3.05) is 24.5 Å². The van der Waals surface area contributed by atoms with Crippen LogP contribution in [0.4, 0.5) is 5.95 Å². The molecule has 2 aliphatic heterocycles. The molecule has 0 unspecified atom stereocenters. The first kappa shape index (κ1) is 20.2. The Balaban J connectivity index is 1.24. The van der Waals surface area contributed by atoms with Crippen LogP contribution < -0.4 is 4.90 Å². The molecule has 0 spiro atoms. The number of imidazole rings is 1. The van der Waals surface area contributed by atoms with Crippen molar-refractivity contribution in [1.82, 2.24) is 13.9 Å². The molecule has 1 saturated heterocycles. The van der Waals surface area contributed by atoms with E-state index in [9.17, 15) is 13.2 Å². The van der Waals surface area contributed by atoms with Crippen LogP contribution in [0.5, 0.6) is 0 Å². The van der Waals surface area contributed by atoms with Crippen molar-refractivity contribution < 1.29 is 13.2 Å². The first-order valence-corrected chi connectivity index (χ1v) is 12.3. The zero-order valence-corrected chi connectivity index (χ0v) is 18.2. The highest BCUT2D eigenvalue weighted by molar-refractivity contribution is 7.89. The Morgan fingerprint density at radius 2 is 1.65 bits per heavy atom. The molecule has 1 aromatic heterocycles. The number of fused-ring (bicyclic) bond motifs is 3. The maximum Gasteiger partial charge on any atom is 0.243 e. The van der Waals surface area contributed by atoms with Crippen LogP contribution >= 0.6 is 0 Å². The van der Waals surface area contributed by atoms with Crippen molar-refractivity contribution in [2.45, 2.75) is 43.5 Å². The molecule has 0 aliphatic carbocycles. The zero-order chi connectivity index (χ0) is 21.4. The fourth-order valence-corrected chi connectivity index (χ4v) is 6.01. The molecule has 5 rings (SSSR count). The number of carbonyl (C=O) groups excluding carboxylic acids is 1. The molecule has 8 heteroatoms. The van der Waals surface area contributed by atoms with Crippen LogP contribution in [-0.4, -0.2) is 47.8 Å². The van der Waals surface area contributed by atoms with Gasteiger partial charge in [0.25, 0.3) is 0 Å². The molecule has 2 aromatic carbocycles. The number of piperidine rings is 1. The highest BCUT2D eigenvalue weighted by Crippen LogP contribution is 2.28. The molecule has 0 bridgehead atoms. The lowest BCUT2D eigenvalue weighted by atomic mass is 10.1. The third-order valence-corrected chi connectivity index (χ3v) is 8.14. The second kappa shape index (κ2) is 8.09. The lowest BCUT2D eigenvalue weighted by molar-refractivity contribution is -0.118. The molecule has 2 aliphatic rings. The molecule has 0 atom stereocenters. The van der Waals surface area contributed by atoms with Gasteiger partial charge in [0.15, 0.2) is 0 Å². The van der Waals surface area contributed by atoms with Crippen LogP contribution in [0.1, 0.15) is 31.2 Å². The molecule has 162 valence electrons. The number of aryl methyl sites for hydroxylation is 1. The van der Waals surface area contributed by atoms with E-state index in [1.54, 1.807) is 21.3 Å². The third kappa shape index (κ3) is 3.74. The number of amides is 1. The summed E-state index contributed by atoms with van der Waals surface area (Å²) in [4.78, 5) is 19.6. The largest absolute Gasteiger partial charge is 0.308 e. The van der Waals surface area contributed by atoms with Gasteiger partial charge < -0.3 is 4.57 Å². The minimum absolute atomic E-state index is 0.0408. The smallest absolute Gasteiger partial charge is 0.243 e. The molecular weight excluding hydrogens is 412 g/mol. The topological polar surface area (TPSA) is 75.5 Å². The van der Waals surface area contributed by atoms with E-state index >= 15 is 0 Å². The average molecular weight is 439 g/mol. The van der Waals surface area contributed by atoms with Gasteiger partial charge in [-0.2, -0.15) is 4.31 Å². The predicted octanol–water partition coefficient (Wildman–Crippen LogP) is 3.19. The van der Waals surface area contributed by atoms with E-state index in [-0.39, 0.29) is 5.91 Å². The van der Waals surface area contributed by atoms with Gasteiger partial charge in [0.05, 0.1) is 15.9 Å². The van der Waals surface area contributed by atoms with Crippen LogP contribution in [0.25, 0.3) is 11.0 Å². The van der Waals surface area contributed by atoms with E-state index in [4.69, 9.17) is 0 Å². The minimum atomic E-state index is -3.42. The summed E-state index contributed by atoms with van der Waals surface area (Å²) in [5, 5.41) is 0. The van der Waals surface area contributed by atoms with Gasteiger partial charge in [-0.05, 0) is 49.1 Å². The quantitative estimate of drug-likeness (QED) is 0.613. The summed E-state index contributed by atoms with van der Waals surface area (Å²) in [6, 6.07) is 14.9. The third-order valence-electron chi connectivity index (χ3n) is 6.23. The van der Waals surface area contributed by atoms with Crippen LogP contribution in [0, 0.1) is 0 Å². The van der Waals surface area contributed by atoms with E-state index in [0.29, 0.717) is 43.3 Å². The van der Waals surface area contributed by atoms with Crippen molar-refractivity contribution >= 4 is 32.9 Å². The van der Waals surface area contributed by atoms with Gasteiger partial charge >= 0.3 is 0 Å². The summed E-state index contributed by atoms with van der Waals surface area (Å²) in [6.45, 7) is 2.59. The van der Waals surface area contributed by atoms with Gasteiger partial charge in [-0.15, -0.1) is 0 Å². The molecule has 1 fully saturated rings. The number of rotatable bonds is 5. The van der Waals surface area contributed by atoms with Gasteiger partial charge in [0.1, 0.15) is 0 Å². The predicted molar refractivity (Wildman–Crippen MR) is 119 cm³/mol. The number of aromatic nitrogens is 2. The summed E-state index contributed by atoms with van der Waals surface area (Å²) in [7, 11) is -3.42. The fraction of sp³-hybridized carbons (Fsp3) is 0.391. The SMILES string of the molecule is O=C(CCc1ccc(S(=O)(=O)N2CCCCC2)cc1)N1CCn2c1nc1ccccc12. The van der Waals surface area contributed by atoms with Crippen LogP contribution in [0.3, 0.4) is 0 Å². The number of sulfonamides is 1. The fourth-order valence-electron chi connectivity index (χ4n) is 4.49. The highest BCUT2D eigenvalue weighted by atomic mass is 32.2. The number of hydrogen-bond donors (Lipinski definition) is 0.